The second-order valence-electron chi connectivity index (χ2n) is 6.17. The minimum atomic E-state index is -0.871. The van der Waals surface area contributed by atoms with E-state index in [0.717, 1.165) is 6.42 Å². The van der Waals surface area contributed by atoms with Crippen LogP contribution in [0.1, 0.15) is 51.3 Å². The molecule has 0 spiro atoms. The standard InChI is InChI=1S/C17H22N2O3/c1-5-8-19(11(2)20)15-13-9-12(10-18)6-7-14(13)22-17(3,4)16(15)21/h6-7,9,15-16,21H,5,8H2,1-4H3/t15?,16-/m0/s1. The van der Waals surface area contributed by atoms with E-state index in [-0.39, 0.29) is 5.91 Å². The number of ether oxygens (including phenoxy) is 1. The summed E-state index contributed by atoms with van der Waals surface area (Å²) in [6.07, 6.45) is -0.0819. The lowest BCUT2D eigenvalue weighted by Gasteiger charge is -2.46. The summed E-state index contributed by atoms with van der Waals surface area (Å²) in [5.74, 6) is 0.513. The fourth-order valence-corrected chi connectivity index (χ4v) is 2.91. The number of carbonyl (C=O) groups excluding carboxylic acids is 1. The van der Waals surface area contributed by atoms with Gasteiger partial charge in [-0.05, 0) is 38.5 Å². The van der Waals surface area contributed by atoms with Gasteiger partial charge in [0, 0.05) is 19.0 Å². The Kier molecular flexibility index (Phi) is 4.43. The lowest BCUT2D eigenvalue weighted by atomic mass is 9.84. The maximum absolute atomic E-state index is 12.1. The van der Waals surface area contributed by atoms with Crippen LogP contribution in [-0.2, 0) is 4.79 Å². The van der Waals surface area contributed by atoms with Gasteiger partial charge in [0.25, 0.3) is 0 Å². The molecule has 0 aromatic heterocycles. The van der Waals surface area contributed by atoms with Gasteiger partial charge in [0.2, 0.25) is 5.91 Å². The summed E-state index contributed by atoms with van der Waals surface area (Å²) < 4.78 is 5.87. The zero-order chi connectivity index (χ0) is 16.5. The molecule has 22 heavy (non-hydrogen) atoms. The maximum atomic E-state index is 12.1. The summed E-state index contributed by atoms with van der Waals surface area (Å²) in [6.45, 7) is 7.63. The number of hydrogen-bond donors (Lipinski definition) is 1. The number of rotatable bonds is 3. The summed E-state index contributed by atoms with van der Waals surface area (Å²) in [6, 6.07) is 6.70. The topological polar surface area (TPSA) is 73.6 Å². The molecule has 1 heterocycles. The highest BCUT2D eigenvalue weighted by Crippen LogP contribution is 2.43. The second-order valence-corrected chi connectivity index (χ2v) is 6.17. The van der Waals surface area contributed by atoms with Gasteiger partial charge in [0.1, 0.15) is 17.5 Å². The normalized spacial score (nSPS) is 22.2. The molecule has 1 aromatic carbocycles. The molecule has 1 unspecified atom stereocenters. The van der Waals surface area contributed by atoms with Crippen molar-refractivity contribution in [1.29, 1.82) is 5.26 Å². The van der Waals surface area contributed by atoms with E-state index in [0.29, 0.717) is 23.4 Å². The average molecular weight is 302 g/mol. The van der Waals surface area contributed by atoms with Crippen LogP contribution in [0.2, 0.25) is 0 Å². The summed E-state index contributed by atoms with van der Waals surface area (Å²) >= 11 is 0. The molecule has 0 saturated heterocycles. The van der Waals surface area contributed by atoms with Crippen LogP contribution in [0.5, 0.6) is 5.75 Å². The Bertz CT molecular complexity index is 619. The molecule has 1 N–H and O–H groups in total. The van der Waals surface area contributed by atoms with Crippen LogP contribution in [0, 0.1) is 11.3 Å². The molecule has 0 radical (unpaired) electrons. The number of hydrogen-bond acceptors (Lipinski definition) is 4. The van der Waals surface area contributed by atoms with E-state index >= 15 is 0 Å². The molecule has 2 rings (SSSR count). The molecule has 0 aliphatic carbocycles. The predicted octanol–water partition coefficient (Wildman–Crippen LogP) is 2.39. The van der Waals surface area contributed by atoms with E-state index in [1.54, 1.807) is 36.9 Å². The Balaban J connectivity index is 2.59. The van der Waals surface area contributed by atoms with Gasteiger partial charge in [-0.1, -0.05) is 6.92 Å². The molecule has 5 nitrogen and oxygen atoms in total. The van der Waals surface area contributed by atoms with Crippen molar-refractivity contribution >= 4 is 5.91 Å². The first-order valence-electron chi connectivity index (χ1n) is 7.50. The highest BCUT2D eigenvalue weighted by molar-refractivity contribution is 5.74. The number of aliphatic hydroxyl groups excluding tert-OH is 1. The van der Waals surface area contributed by atoms with Crippen LogP contribution in [0.15, 0.2) is 18.2 Å². The van der Waals surface area contributed by atoms with Crippen molar-refractivity contribution in [2.24, 2.45) is 0 Å². The quantitative estimate of drug-likeness (QED) is 0.930. The highest BCUT2D eigenvalue weighted by atomic mass is 16.5. The number of nitrogens with zero attached hydrogens (tertiary/aromatic N) is 2. The first-order valence-corrected chi connectivity index (χ1v) is 7.50. The number of fused-ring (bicyclic) bond motifs is 1. The minimum absolute atomic E-state index is 0.100. The summed E-state index contributed by atoms with van der Waals surface area (Å²) in [4.78, 5) is 13.7. The molecular weight excluding hydrogens is 280 g/mol. The zero-order valence-electron chi connectivity index (χ0n) is 13.5. The second kappa shape index (κ2) is 5.98. The van der Waals surface area contributed by atoms with E-state index < -0.39 is 17.7 Å². The van der Waals surface area contributed by atoms with Crippen molar-refractivity contribution < 1.29 is 14.6 Å². The van der Waals surface area contributed by atoms with Gasteiger partial charge in [0.15, 0.2) is 0 Å². The van der Waals surface area contributed by atoms with Crippen molar-refractivity contribution in [2.75, 3.05) is 6.54 Å². The molecule has 0 bridgehead atoms. The fourth-order valence-electron chi connectivity index (χ4n) is 2.91. The Hall–Kier alpha value is -2.06. The van der Waals surface area contributed by atoms with Crippen molar-refractivity contribution in [3.8, 4) is 11.8 Å². The van der Waals surface area contributed by atoms with Gasteiger partial charge < -0.3 is 14.7 Å². The van der Waals surface area contributed by atoms with Crippen molar-refractivity contribution in [3.05, 3.63) is 29.3 Å². The average Bonchev–Trinajstić information content (AvgIpc) is 2.46. The van der Waals surface area contributed by atoms with E-state index in [1.165, 1.54) is 6.92 Å². The van der Waals surface area contributed by atoms with Crippen molar-refractivity contribution in [1.82, 2.24) is 4.90 Å². The predicted molar refractivity (Wildman–Crippen MR) is 82.3 cm³/mol. The van der Waals surface area contributed by atoms with Gasteiger partial charge in [0.05, 0.1) is 17.7 Å². The molecule has 0 saturated carbocycles. The van der Waals surface area contributed by atoms with E-state index in [4.69, 9.17) is 10.00 Å². The van der Waals surface area contributed by atoms with Crippen molar-refractivity contribution in [2.45, 2.75) is 51.9 Å². The molecule has 1 aliphatic heterocycles. The molecular formula is C17H22N2O3. The zero-order valence-corrected chi connectivity index (χ0v) is 13.5. The molecule has 1 amide bonds. The monoisotopic (exact) mass is 302 g/mol. The summed E-state index contributed by atoms with van der Waals surface area (Å²) in [5.41, 5.74) is 0.363. The molecule has 118 valence electrons. The third-order valence-corrected chi connectivity index (χ3v) is 4.05. The number of nitriles is 1. The molecule has 2 atom stereocenters. The van der Waals surface area contributed by atoms with Gasteiger partial charge in [-0.2, -0.15) is 5.26 Å². The van der Waals surface area contributed by atoms with Crippen LogP contribution in [0.25, 0.3) is 0 Å². The molecule has 1 aliphatic rings. The maximum Gasteiger partial charge on any atom is 0.220 e. The fraction of sp³-hybridized carbons (Fsp3) is 0.529. The first-order chi connectivity index (χ1) is 10.3. The van der Waals surface area contributed by atoms with Gasteiger partial charge >= 0.3 is 0 Å². The van der Waals surface area contributed by atoms with Gasteiger partial charge in [-0.15, -0.1) is 0 Å². The SMILES string of the molecule is CCCN(C(C)=O)C1c2cc(C#N)ccc2OC(C)(C)[C@H]1O. The molecule has 5 heteroatoms. The largest absolute Gasteiger partial charge is 0.485 e. The molecule has 0 fully saturated rings. The number of benzene rings is 1. The lowest BCUT2D eigenvalue weighted by molar-refractivity contribution is -0.142. The number of amides is 1. The Morgan fingerprint density at radius 3 is 2.73 bits per heavy atom. The smallest absolute Gasteiger partial charge is 0.220 e. The molecule has 1 aromatic rings. The van der Waals surface area contributed by atoms with Crippen molar-refractivity contribution in [3.63, 3.8) is 0 Å². The van der Waals surface area contributed by atoms with E-state index in [2.05, 4.69) is 6.07 Å². The number of aliphatic hydroxyl groups is 1. The minimum Gasteiger partial charge on any atom is -0.485 e. The lowest BCUT2D eigenvalue weighted by Crippen LogP contribution is -2.54. The van der Waals surface area contributed by atoms with Gasteiger partial charge in [-0.25, -0.2) is 0 Å². The third kappa shape index (κ3) is 2.79. The Labute approximate surface area is 131 Å². The van der Waals surface area contributed by atoms with E-state index in [9.17, 15) is 9.90 Å². The Morgan fingerprint density at radius 1 is 1.50 bits per heavy atom. The number of carbonyl (C=O) groups is 1. The Morgan fingerprint density at radius 2 is 2.18 bits per heavy atom. The summed E-state index contributed by atoms with van der Waals surface area (Å²) in [5, 5.41) is 19.9. The van der Waals surface area contributed by atoms with Crippen LogP contribution >= 0.6 is 0 Å². The third-order valence-electron chi connectivity index (χ3n) is 4.05. The van der Waals surface area contributed by atoms with Gasteiger partial charge in [-0.3, -0.25) is 4.79 Å². The van der Waals surface area contributed by atoms with Crippen LogP contribution in [0.4, 0.5) is 0 Å². The van der Waals surface area contributed by atoms with E-state index in [1.807, 2.05) is 6.92 Å². The summed E-state index contributed by atoms with van der Waals surface area (Å²) in [7, 11) is 0. The van der Waals surface area contributed by atoms with Crippen LogP contribution in [0.3, 0.4) is 0 Å². The van der Waals surface area contributed by atoms with Crippen LogP contribution in [-0.4, -0.2) is 34.2 Å². The first kappa shape index (κ1) is 16.3. The highest BCUT2D eigenvalue weighted by Gasteiger charge is 2.46. The van der Waals surface area contributed by atoms with Crippen LogP contribution < -0.4 is 4.74 Å².